The molecule has 76 valence electrons. The van der Waals surface area contributed by atoms with Gasteiger partial charge in [-0.1, -0.05) is 6.42 Å². The minimum absolute atomic E-state index is 0.00639. The molecule has 1 aromatic heterocycles. The maximum absolute atomic E-state index is 10.5. The fraction of sp³-hybridized carbons (Fsp3) is 0.600. The largest absolute Gasteiger partial charge is 0.481 e. The predicted octanol–water partition coefficient (Wildman–Crippen LogP) is 1.61. The van der Waals surface area contributed by atoms with Crippen LogP contribution >= 0.6 is 0 Å². The molecule has 0 saturated heterocycles. The molecule has 1 aliphatic carbocycles. The van der Waals surface area contributed by atoms with E-state index in [9.17, 15) is 4.79 Å². The van der Waals surface area contributed by atoms with Crippen LogP contribution in [0.5, 0.6) is 0 Å². The van der Waals surface area contributed by atoms with Crippen molar-refractivity contribution in [2.75, 3.05) is 0 Å². The average Bonchev–Trinajstić information content (AvgIpc) is 2.27. The molecule has 1 aliphatic rings. The molecule has 1 saturated carbocycles. The average molecular weight is 194 g/mol. The van der Waals surface area contributed by atoms with E-state index in [4.69, 9.17) is 5.11 Å². The van der Waals surface area contributed by atoms with Gasteiger partial charge in [-0.2, -0.15) is 0 Å². The molecule has 0 radical (unpaired) electrons. The van der Waals surface area contributed by atoms with E-state index >= 15 is 0 Å². The molecule has 0 amide bonds. The molecule has 0 aromatic carbocycles. The van der Waals surface area contributed by atoms with Crippen LogP contribution in [0, 0.1) is 6.92 Å². The van der Waals surface area contributed by atoms with Gasteiger partial charge >= 0.3 is 5.97 Å². The van der Waals surface area contributed by atoms with Crippen LogP contribution in [0.2, 0.25) is 0 Å². The topological polar surface area (TPSA) is 66.0 Å². The van der Waals surface area contributed by atoms with Crippen molar-refractivity contribution in [1.29, 1.82) is 0 Å². The number of aromatic amines is 1. The van der Waals surface area contributed by atoms with Crippen LogP contribution < -0.4 is 0 Å². The third kappa shape index (κ3) is 1.64. The minimum atomic E-state index is -0.834. The number of H-pyrrole nitrogens is 1. The summed E-state index contributed by atoms with van der Waals surface area (Å²) in [7, 11) is 0. The van der Waals surface area contributed by atoms with Crippen molar-refractivity contribution in [1.82, 2.24) is 9.97 Å². The fourth-order valence-electron chi connectivity index (χ4n) is 1.84. The first-order valence-electron chi connectivity index (χ1n) is 4.94. The molecule has 2 rings (SSSR count). The van der Waals surface area contributed by atoms with Crippen molar-refractivity contribution >= 4 is 5.97 Å². The highest BCUT2D eigenvalue weighted by Crippen LogP contribution is 2.36. The van der Waals surface area contributed by atoms with Gasteiger partial charge in [0.15, 0.2) is 0 Å². The molecule has 2 N–H and O–H groups in total. The van der Waals surface area contributed by atoms with Gasteiger partial charge in [-0.3, -0.25) is 4.79 Å². The second-order valence-electron chi connectivity index (χ2n) is 3.89. The molecule has 0 spiro atoms. The molecule has 1 fully saturated rings. The van der Waals surface area contributed by atoms with Crippen molar-refractivity contribution in [3.05, 3.63) is 17.2 Å². The molecule has 4 nitrogen and oxygen atoms in total. The Morgan fingerprint density at radius 2 is 2.36 bits per heavy atom. The lowest BCUT2D eigenvalue weighted by Gasteiger charge is -2.23. The summed E-state index contributed by atoms with van der Waals surface area (Å²) in [6, 6.07) is 0. The van der Waals surface area contributed by atoms with Crippen molar-refractivity contribution in [2.24, 2.45) is 0 Å². The highest BCUT2D eigenvalue weighted by atomic mass is 16.4. The van der Waals surface area contributed by atoms with Gasteiger partial charge in [-0.15, -0.1) is 0 Å². The number of aryl methyl sites for hydroxylation is 1. The smallest absolute Gasteiger partial charge is 0.311 e. The van der Waals surface area contributed by atoms with E-state index in [1.807, 2.05) is 6.92 Å². The normalized spacial score (nSPS) is 16.6. The molecule has 0 atom stereocenters. The third-order valence-corrected chi connectivity index (χ3v) is 2.78. The summed E-state index contributed by atoms with van der Waals surface area (Å²) in [6.45, 7) is 1.96. The van der Waals surface area contributed by atoms with Crippen LogP contribution in [0.4, 0.5) is 0 Å². The van der Waals surface area contributed by atoms with Gasteiger partial charge in [-0.05, 0) is 19.8 Å². The Bertz CT molecular complexity index is 353. The highest BCUT2D eigenvalue weighted by molar-refractivity contribution is 5.69. The van der Waals surface area contributed by atoms with Gasteiger partial charge in [0.05, 0.1) is 5.69 Å². The Balaban J connectivity index is 2.16. The first kappa shape index (κ1) is 9.24. The lowest BCUT2D eigenvalue weighted by Crippen LogP contribution is -2.10. The van der Waals surface area contributed by atoms with Crippen LogP contribution in [0.1, 0.15) is 42.4 Å². The summed E-state index contributed by atoms with van der Waals surface area (Å²) in [5.41, 5.74) is 2.11. The van der Waals surface area contributed by atoms with E-state index in [1.165, 1.54) is 19.3 Å². The Kier molecular flexibility index (Phi) is 2.27. The zero-order chi connectivity index (χ0) is 10.1. The molecule has 4 heteroatoms. The Morgan fingerprint density at radius 3 is 2.86 bits per heavy atom. The van der Waals surface area contributed by atoms with E-state index < -0.39 is 5.97 Å². The number of imidazole rings is 1. The van der Waals surface area contributed by atoms with Gasteiger partial charge in [0.1, 0.15) is 12.2 Å². The Hall–Kier alpha value is -1.32. The van der Waals surface area contributed by atoms with Crippen LogP contribution in [0.3, 0.4) is 0 Å². The van der Waals surface area contributed by atoms with Gasteiger partial charge in [0, 0.05) is 11.6 Å². The van der Waals surface area contributed by atoms with Gasteiger partial charge in [0.2, 0.25) is 0 Å². The van der Waals surface area contributed by atoms with Crippen molar-refractivity contribution in [2.45, 2.75) is 38.5 Å². The number of hydrogen-bond acceptors (Lipinski definition) is 2. The number of aliphatic carboxylic acids is 1. The van der Waals surface area contributed by atoms with Crippen molar-refractivity contribution in [3.63, 3.8) is 0 Å². The zero-order valence-corrected chi connectivity index (χ0v) is 8.21. The number of carbonyl (C=O) groups is 1. The highest BCUT2D eigenvalue weighted by Gasteiger charge is 2.24. The number of carboxylic acids is 1. The molecular weight excluding hydrogens is 180 g/mol. The second kappa shape index (κ2) is 3.44. The van der Waals surface area contributed by atoms with E-state index in [-0.39, 0.29) is 6.42 Å². The summed E-state index contributed by atoms with van der Waals surface area (Å²) in [5.74, 6) is 0.310. The molecule has 0 bridgehead atoms. The molecule has 1 aromatic rings. The summed E-state index contributed by atoms with van der Waals surface area (Å²) >= 11 is 0. The number of carboxylic acid groups (broad SMARTS) is 1. The Labute approximate surface area is 82.4 Å². The van der Waals surface area contributed by atoms with E-state index in [1.54, 1.807) is 0 Å². The van der Waals surface area contributed by atoms with Crippen LogP contribution in [-0.2, 0) is 11.2 Å². The van der Waals surface area contributed by atoms with E-state index in [0.29, 0.717) is 11.7 Å². The first-order chi connectivity index (χ1) is 6.66. The maximum atomic E-state index is 10.5. The summed E-state index contributed by atoms with van der Waals surface area (Å²) in [6.07, 6.45) is 3.65. The monoisotopic (exact) mass is 194 g/mol. The molecule has 1 heterocycles. The second-order valence-corrected chi connectivity index (χ2v) is 3.89. The fourth-order valence-corrected chi connectivity index (χ4v) is 1.84. The SMILES string of the molecule is Cc1[nH]c(CC(=O)O)nc1C1CCC1. The summed E-state index contributed by atoms with van der Waals surface area (Å²) in [5, 5.41) is 8.62. The van der Waals surface area contributed by atoms with Crippen molar-refractivity contribution in [3.8, 4) is 0 Å². The quantitative estimate of drug-likeness (QED) is 0.768. The number of nitrogens with one attached hydrogen (secondary N) is 1. The zero-order valence-electron chi connectivity index (χ0n) is 8.21. The lowest BCUT2D eigenvalue weighted by atomic mass is 9.82. The summed E-state index contributed by atoms with van der Waals surface area (Å²) < 4.78 is 0. The van der Waals surface area contributed by atoms with Gasteiger partial charge in [0.25, 0.3) is 0 Å². The Morgan fingerprint density at radius 1 is 1.64 bits per heavy atom. The van der Waals surface area contributed by atoms with E-state index in [2.05, 4.69) is 9.97 Å². The van der Waals surface area contributed by atoms with E-state index in [0.717, 1.165) is 11.4 Å². The number of aromatic nitrogens is 2. The predicted molar refractivity (Wildman–Crippen MR) is 51.3 cm³/mol. The summed E-state index contributed by atoms with van der Waals surface area (Å²) in [4.78, 5) is 17.9. The lowest BCUT2D eigenvalue weighted by molar-refractivity contribution is -0.136. The van der Waals surface area contributed by atoms with Crippen molar-refractivity contribution < 1.29 is 9.90 Å². The van der Waals surface area contributed by atoms with Crippen LogP contribution in [-0.4, -0.2) is 21.0 Å². The molecule has 0 unspecified atom stereocenters. The maximum Gasteiger partial charge on any atom is 0.311 e. The first-order valence-corrected chi connectivity index (χ1v) is 4.94. The standard InChI is InChI=1S/C10H14N2O2/c1-6-10(7-3-2-4-7)12-8(11-6)5-9(13)14/h7H,2-5H2,1H3,(H,11,12)(H,13,14). The number of rotatable bonds is 3. The van der Waals surface area contributed by atoms with Gasteiger partial charge < -0.3 is 10.1 Å². The number of hydrogen-bond donors (Lipinski definition) is 2. The van der Waals surface area contributed by atoms with Gasteiger partial charge in [-0.25, -0.2) is 4.98 Å². The third-order valence-electron chi connectivity index (χ3n) is 2.78. The number of nitrogens with zero attached hydrogens (tertiary/aromatic N) is 1. The van der Waals surface area contributed by atoms with Crippen LogP contribution in [0.15, 0.2) is 0 Å². The molecular formula is C10H14N2O2. The molecule has 0 aliphatic heterocycles. The van der Waals surface area contributed by atoms with Crippen LogP contribution in [0.25, 0.3) is 0 Å². The minimum Gasteiger partial charge on any atom is -0.481 e. The molecule has 14 heavy (non-hydrogen) atoms.